The number of hydrogen-bond donors (Lipinski definition) is 1. The summed E-state index contributed by atoms with van der Waals surface area (Å²) in [5.41, 5.74) is -1.02. The van der Waals surface area contributed by atoms with Crippen LogP contribution in [-0.4, -0.2) is 18.6 Å². The molecule has 0 spiro atoms. The molecule has 0 aromatic heterocycles. The highest BCUT2D eigenvalue weighted by atomic mass is 32.2. The van der Waals surface area contributed by atoms with E-state index >= 15 is 0 Å². The van der Waals surface area contributed by atoms with E-state index < -0.39 is 31.7 Å². The first kappa shape index (κ1) is 13.9. The van der Waals surface area contributed by atoms with Crippen LogP contribution < -0.4 is 4.72 Å². The summed E-state index contributed by atoms with van der Waals surface area (Å²) < 4.78 is 38.0. The third-order valence-electron chi connectivity index (χ3n) is 2.05. The first-order valence-corrected chi connectivity index (χ1v) is 6.17. The second kappa shape index (κ2) is 4.97. The number of nitriles is 1. The first-order valence-electron chi connectivity index (χ1n) is 4.63. The van der Waals surface area contributed by atoms with Gasteiger partial charge in [0, 0.05) is 6.07 Å². The number of nitrogens with one attached hydrogen (secondary N) is 1. The van der Waals surface area contributed by atoms with Crippen molar-refractivity contribution in [1.29, 1.82) is 5.26 Å². The van der Waals surface area contributed by atoms with Crippen LogP contribution >= 0.6 is 0 Å². The molecule has 9 heteroatoms. The van der Waals surface area contributed by atoms with Crippen molar-refractivity contribution in [1.82, 2.24) is 0 Å². The lowest BCUT2D eigenvalue weighted by molar-refractivity contribution is -0.387. The summed E-state index contributed by atoms with van der Waals surface area (Å²) in [6.07, 6.45) is 0. The molecular weight excluding hydrogens is 265 g/mol. The van der Waals surface area contributed by atoms with Gasteiger partial charge in [-0.25, -0.2) is 8.42 Å². The van der Waals surface area contributed by atoms with E-state index in [2.05, 4.69) is 0 Å². The molecule has 1 aromatic carbocycles. The molecule has 0 amide bonds. The molecule has 0 radical (unpaired) electrons. The fraction of sp³-hybridized carbons (Fsp3) is 0.222. The smallest absolute Gasteiger partial charge is 0.282 e. The molecule has 0 aliphatic carbocycles. The van der Waals surface area contributed by atoms with Crippen molar-refractivity contribution in [3.63, 3.8) is 0 Å². The van der Waals surface area contributed by atoms with E-state index in [-0.39, 0.29) is 5.69 Å². The average Bonchev–Trinajstić information content (AvgIpc) is 2.29. The Morgan fingerprint density at radius 3 is 2.67 bits per heavy atom. The highest BCUT2D eigenvalue weighted by molar-refractivity contribution is 7.93. The molecule has 96 valence electrons. The van der Waals surface area contributed by atoms with Crippen LogP contribution in [0.3, 0.4) is 0 Å². The van der Waals surface area contributed by atoms with Gasteiger partial charge in [0.25, 0.3) is 0 Å². The van der Waals surface area contributed by atoms with Crippen molar-refractivity contribution in [3.8, 4) is 6.07 Å². The largest absolute Gasteiger partial charge is 0.306 e. The second-order valence-corrected chi connectivity index (χ2v) is 5.34. The van der Waals surface area contributed by atoms with Gasteiger partial charge in [0.15, 0.2) is 5.25 Å². The topological polar surface area (TPSA) is 113 Å². The molecule has 1 rings (SSSR count). The van der Waals surface area contributed by atoms with Crippen molar-refractivity contribution < 1.29 is 17.7 Å². The van der Waals surface area contributed by atoms with Gasteiger partial charge in [-0.3, -0.25) is 14.8 Å². The Balaban J connectivity index is 3.12. The van der Waals surface area contributed by atoms with Crippen molar-refractivity contribution >= 4 is 21.4 Å². The van der Waals surface area contributed by atoms with E-state index in [1.165, 1.54) is 6.07 Å². The summed E-state index contributed by atoms with van der Waals surface area (Å²) in [6, 6.07) is 4.07. The third kappa shape index (κ3) is 2.92. The summed E-state index contributed by atoms with van der Waals surface area (Å²) in [7, 11) is -3.97. The molecule has 18 heavy (non-hydrogen) atoms. The summed E-state index contributed by atoms with van der Waals surface area (Å²) in [4.78, 5) is 9.49. The SMILES string of the molecule is CC(C#N)S(=O)(=O)Nc1ccc(F)c([N+](=O)[O-])c1. The fourth-order valence-corrected chi connectivity index (χ4v) is 1.81. The van der Waals surface area contributed by atoms with Gasteiger partial charge in [-0.15, -0.1) is 0 Å². The van der Waals surface area contributed by atoms with E-state index in [0.29, 0.717) is 0 Å². The van der Waals surface area contributed by atoms with E-state index in [4.69, 9.17) is 5.26 Å². The zero-order valence-electron chi connectivity index (χ0n) is 9.12. The lowest BCUT2D eigenvalue weighted by Crippen LogP contribution is -2.23. The standard InChI is InChI=1S/C9H8FN3O4S/c1-6(5-11)18(16,17)12-7-2-3-8(10)9(4-7)13(14)15/h2-4,6,12H,1H3. The lowest BCUT2D eigenvalue weighted by Gasteiger charge is -2.08. The van der Waals surface area contributed by atoms with Crippen LogP contribution in [0.5, 0.6) is 0 Å². The Morgan fingerprint density at radius 2 is 2.17 bits per heavy atom. The van der Waals surface area contributed by atoms with Crippen molar-refractivity contribution in [3.05, 3.63) is 34.1 Å². The van der Waals surface area contributed by atoms with Gasteiger partial charge in [-0.05, 0) is 19.1 Å². The Kier molecular flexibility index (Phi) is 3.82. The second-order valence-electron chi connectivity index (χ2n) is 3.34. The molecule has 0 fully saturated rings. The van der Waals surface area contributed by atoms with E-state index in [0.717, 1.165) is 25.1 Å². The van der Waals surface area contributed by atoms with Crippen LogP contribution in [0.15, 0.2) is 18.2 Å². The average molecular weight is 273 g/mol. The summed E-state index contributed by atoms with van der Waals surface area (Å²) >= 11 is 0. The van der Waals surface area contributed by atoms with E-state index in [9.17, 15) is 22.9 Å². The highest BCUT2D eigenvalue weighted by Crippen LogP contribution is 2.22. The molecule has 1 aromatic rings. The van der Waals surface area contributed by atoms with Crippen LogP contribution in [-0.2, 0) is 10.0 Å². The highest BCUT2D eigenvalue weighted by Gasteiger charge is 2.22. The van der Waals surface area contributed by atoms with Gasteiger partial charge in [0.05, 0.1) is 16.7 Å². The normalized spacial score (nSPS) is 12.5. The number of rotatable bonds is 4. The minimum absolute atomic E-state index is 0.176. The maximum absolute atomic E-state index is 13.0. The monoisotopic (exact) mass is 273 g/mol. The maximum Gasteiger partial charge on any atom is 0.306 e. The summed E-state index contributed by atoms with van der Waals surface area (Å²) in [5.74, 6) is -1.07. The van der Waals surface area contributed by atoms with Gasteiger partial charge in [0.2, 0.25) is 15.8 Å². The van der Waals surface area contributed by atoms with Crippen LogP contribution in [0.25, 0.3) is 0 Å². The van der Waals surface area contributed by atoms with Gasteiger partial charge in [-0.2, -0.15) is 9.65 Å². The van der Waals surface area contributed by atoms with Crippen LogP contribution in [0.2, 0.25) is 0 Å². The molecule has 1 unspecified atom stereocenters. The number of nitrogens with zero attached hydrogens (tertiary/aromatic N) is 2. The molecule has 0 bridgehead atoms. The molecule has 0 aliphatic heterocycles. The lowest BCUT2D eigenvalue weighted by atomic mass is 10.3. The number of halogens is 1. The van der Waals surface area contributed by atoms with Crippen molar-refractivity contribution in [2.45, 2.75) is 12.2 Å². The van der Waals surface area contributed by atoms with E-state index in [1.807, 2.05) is 4.72 Å². The van der Waals surface area contributed by atoms with Crippen LogP contribution in [0, 0.1) is 27.3 Å². The number of nitro benzene ring substituents is 1. The maximum atomic E-state index is 13.0. The minimum Gasteiger partial charge on any atom is -0.282 e. The first-order chi connectivity index (χ1) is 8.27. The Labute approximate surface area is 102 Å². The minimum atomic E-state index is -3.97. The number of hydrogen-bond acceptors (Lipinski definition) is 5. The number of anilines is 1. The summed E-state index contributed by atoms with van der Waals surface area (Å²) in [5, 5.41) is 17.6. The molecule has 0 saturated carbocycles. The number of benzene rings is 1. The quantitative estimate of drug-likeness (QED) is 0.657. The Hall–Kier alpha value is -2.21. The fourth-order valence-electron chi connectivity index (χ4n) is 1.04. The van der Waals surface area contributed by atoms with Crippen LogP contribution in [0.4, 0.5) is 15.8 Å². The van der Waals surface area contributed by atoms with Crippen molar-refractivity contribution in [2.24, 2.45) is 0 Å². The molecule has 1 N–H and O–H groups in total. The van der Waals surface area contributed by atoms with Gasteiger partial charge >= 0.3 is 5.69 Å². The predicted molar refractivity (Wildman–Crippen MR) is 60.7 cm³/mol. The molecule has 0 aliphatic rings. The number of sulfonamides is 1. The van der Waals surface area contributed by atoms with E-state index in [1.54, 1.807) is 0 Å². The molecular formula is C9H8FN3O4S. The van der Waals surface area contributed by atoms with Gasteiger partial charge in [0.1, 0.15) is 0 Å². The van der Waals surface area contributed by atoms with Gasteiger partial charge < -0.3 is 0 Å². The third-order valence-corrected chi connectivity index (χ3v) is 3.61. The Morgan fingerprint density at radius 1 is 1.56 bits per heavy atom. The number of nitro groups is 1. The Bertz CT molecular complexity index is 623. The molecule has 0 saturated heterocycles. The molecule has 7 nitrogen and oxygen atoms in total. The zero-order chi connectivity index (χ0) is 13.9. The van der Waals surface area contributed by atoms with Gasteiger partial charge in [-0.1, -0.05) is 0 Å². The zero-order valence-corrected chi connectivity index (χ0v) is 9.94. The summed E-state index contributed by atoms with van der Waals surface area (Å²) in [6.45, 7) is 1.15. The van der Waals surface area contributed by atoms with Crippen LogP contribution in [0.1, 0.15) is 6.92 Å². The molecule has 1 atom stereocenters. The predicted octanol–water partition coefficient (Wildman–Crippen LogP) is 1.39. The molecule has 0 heterocycles. The van der Waals surface area contributed by atoms with Crippen molar-refractivity contribution in [2.75, 3.05) is 4.72 Å².